The number of para-hydroxylation sites is 1. The van der Waals surface area contributed by atoms with Crippen molar-refractivity contribution >= 4 is 67.6 Å². The molecule has 0 radical (unpaired) electrons. The first-order chi connectivity index (χ1) is 14.6. The maximum atomic E-state index is 13.0. The molecule has 2 aromatic carbocycles. The third-order valence-electron chi connectivity index (χ3n) is 4.37. The maximum Gasteiger partial charge on any atom is 0.267 e. The van der Waals surface area contributed by atoms with E-state index < -0.39 is 0 Å². The number of nitrogens with zero attached hydrogens (tertiary/aromatic N) is 2. The maximum absolute atomic E-state index is 13.0. The lowest BCUT2D eigenvalue weighted by molar-refractivity contribution is 0.103. The molecular weight excluding hydrogens is 461 g/mol. The van der Waals surface area contributed by atoms with Crippen molar-refractivity contribution in [2.45, 2.75) is 0 Å². The fourth-order valence-corrected chi connectivity index (χ4v) is 5.32. The van der Waals surface area contributed by atoms with Crippen molar-refractivity contribution in [3.63, 3.8) is 0 Å². The summed E-state index contributed by atoms with van der Waals surface area (Å²) in [5.41, 5.74) is 1.18. The van der Waals surface area contributed by atoms with Gasteiger partial charge in [0, 0.05) is 15.1 Å². The molecule has 0 aliphatic rings. The molecule has 30 heavy (non-hydrogen) atoms. The first-order valence-electron chi connectivity index (χ1n) is 8.76. The van der Waals surface area contributed by atoms with Crippen LogP contribution in [-0.2, 0) is 0 Å². The Kier molecular flexibility index (Phi) is 5.04. The Labute approximate surface area is 188 Å². The molecule has 0 atom stereocenters. The van der Waals surface area contributed by atoms with Gasteiger partial charge in [0.15, 0.2) is 0 Å². The number of amides is 1. The second kappa shape index (κ2) is 7.85. The fourth-order valence-electron chi connectivity index (χ4n) is 2.98. The number of anilines is 1. The van der Waals surface area contributed by atoms with Gasteiger partial charge in [0.1, 0.15) is 4.88 Å². The highest BCUT2D eigenvalue weighted by atomic mass is 35.5. The van der Waals surface area contributed by atoms with Gasteiger partial charge in [-0.3, -0.25) is 4.79 Å². The number of halogens is 2. The summed E-state index contributed by atoms with van der Waals surface area (Å²) in [4.78, 5) is 18.8. The second-order valence-corrected chi connectivity index (χ2v) is 9.10. The Morgan fingerprint density at radius 2 is 1.93 bits per heavy atom. The predicted octanol–water partition coefficient (Wildman–Crippen LogP) is 7.24. The van der Waals surface area contributed by atoms with Crippen LogP contribution in [0.5, 0.6) is 0 Å². The highest BCUT2D eigenvalue weighted by Gasteiger charge is 2.20. The van der Waals surface area contributed by atoms with Gasteiger partial charge in [-0.1, -0.05) is 52.6 Å². The van der Waals surface area contributed by atoms with Crippen molar-refractivity contribution in [1.29, 1.82) is 0 Å². The molecule has 0 unspecified atom stereocenters. The Morgan fingerprint density at radius 1 is 1.07 bits per heavy atom. The van der Waals surface area contributed by atoms with E-state index in [1.54, 1.807) is 18.2 Å². The molecule has 9 heteroatoms. The summed E-state index contributed by atoms with van der Waals surface area (Å²) < 4.78 is 6.29. The van der Waals surface area contributed by atoms with E-state index in [2.05, 4.69) is 15.5 Å². The third-order valence-corrected chi connectivity index (χ3v) is 7.13. The molecule has 0 saturated carbocycles. The summed E-state index contributed by atoms with van der Waals surface area (Å²) >= 11 is 15.3. The molecule has 5 aromatic rings. The first-order valence-corrected chi connectivity index (χ1v) is 11.2. The van der Waals surface area contributed by atoms with Crippen LogP contribution in [0.4, 0.5) is 5.69 Å². The zero-order valence-corrected chi connectivity index (χ0v) is 18.2. The number of thiophene rings is 2. The largest absolute Gasteiger partial charge is 0.334 e. The molecule has 0 aliphatic heterocycles. The molecule has 5 nitrogen and oxygen atoms in total. The zero-order valence-electron chi connectivity index (χ0n) is 15.1. The van der Waals surface area contributed by atoms with E-state index in [1.807, 2.05) is 41.8 Å². The van der Waals surface area contributed by atoms with Crippen LogP contribution in [0.15, 0.2) is 64.5 Å². The molecule has 1 amide bonds. The zero-order chi connectivity index (χ0) is 20.7. The monoisotopic (exact) mass is 471 g/mol. The second-order valence-electron chi connectivity index (χ2n) is 6.29. The van der Waals surface area contributed by atoms with Gasteiger partial charge >= 0.3 is 0 Å². The van der Waals surface area contributed by atoms with Gasteiger partial charge < -0.3 is 9.84 Å². The standard InChI is InChI=1S/C21H11Cl2N3O2S2/c22-11-7-8-13-16(10-11)30-18(17(13)23)20(27)24-14-5-2-1-4-12(14)21-25-19(26-28-21)15-6-3-9-29-15/h1-10H,(H,24,27). The average Bonchev–Trinajstić information content (AvgIpc) is 3.48. The summed E-state index contributed by atoms with van der Waals surface area (Å²) in [6.07, 6.45) is 0. The van der Waals surface area contributed by atoms with Crippen molar-refractivity contribution < 1.29 is 9.32 Å². The quantitative estimate of drug-likeness (QED) is 0.299. The molecule has 5 rings (SSSR count). The van der Waals surface area contributed by atoms with Crippen molar-refractivity contribution in [2.75, 3.05) is 5.32 Å². The predicted molar refractivity (Wildman–Crippen MR) is 123 cm³/mol. The number of carbonyl (C=O) groups excluding carboxylic acids is 1. The topological polar surface area (TPSA) is 68.0 Å². The number of hydrogen-bond acceptors (Lipinski definition) is 6. The molecule has 3 heterocycles. The molecule has 3 aromatic heterocycles. The van der Waals surface area contributed by atoms with Crippen LogP contribution in [0.1, 0.15) is 9.67 Å². The van der Waals surface area contributed by atoms with Crippen LogP contribution in [0, 0.1) is 0 Å². The van der Waals surface area contributed by atoms with Crippen LogP contribution < -0.4 is 5.32 Å². The van der Waals surface area contributed by atoms with Crippen LogP contribution in [0.25, 0.3) is 32.2 Å². The number of benzene rings is 2. The molecule has 0 bridgehead atoms. The molecule has 148 valence electrons. The SMILES string of the molecule is O=C(Nc1ccccc1-c1nc(-c2cccs2)no1)c1sc2cc(Cl)ccc2c1Cl. The van der Waals surface area contributed by atoms with Gasteiger partial charge in [-0.25, -0.2) is 0 Å². The minimum Gasteiger partial charge on any atom is -0.334 e. The number of fused-ring (bicyclic) bond motifs is 1. The lowest BCUT2D eigenvalue weighted by atomic mass is 10.1. The molecule has 0 spiro atoms. The van der Waals surface area contributed by atoms with Crippen LogP contribution in [0.2, 0.25) is 10.0 Å². The normalized spacial score (nSPS) is 11.1. The molecule has 0 fully saturated rings. The number of nitrogens with one attached hydrogen (secondary N) is 1. The average molecular weight is 472 g/mol. The van der Waals surface area contributed by atoms with E-state index in [-0.39, 0.29) is 5.91 Å². The summed E-state index contributed by atoms with van der Waals surface area (Å²) in [6, 6.07) is 16.5. The van der Waals surface area contributed by atoms with E-state index in [0.717, 1.165) is 15.0 Å². The van der Waals surface area contributed by atoms with Crippen LogP contribution in [-0.4, -0.2) is 16.0 Å². The van der Waals surface area contributed by atoms with Gasteiger partial charge in [0.2, 0.25) is 5.82 Å². The van der Waals surface area contributed by atoms with E-state index in [0.29, 0.717) is 37.9 Å². The molecule has 0 aliphatic carbocycles. The van der Waals surface area contributed by atoms with Crippen molar-refractivity contribution in [2.24, 2.45) is 0 Å². The van der Waals surface area contributed by atoms with Gasteiger partial charge in [0.25, 0.3) is 11.8 Å². The Morgan fingerprint density at radius 3 is 2.77 bits per heavy atom. The van der Waals surface area contributed by atoms with Gasteiger partial charge in [-0.05, 0) is 35.7 Å². The Balaban J connectivity index is 1.48. The lowest BCUT2D eigenvalue weighted by Crippen LogP contribution is -2.11. The minimum absolute atomic E-state index is 0.317. The summed E-state index contributed by atoms with van der Waals surface area (Å²) in [6.45, 7) is 0. The highest BCUT2D eigenvalue weighted by molar-refractivity contribution is 7.21. The summed E-state index contributed by atoms with van der Waals surface area (Å²) in [5.74, 6) is 0.511. The minimum atomic E-state index is -0.317. The van der Waals surface area contributed by atoms with Crippen molar-refractivity contribution in [3.05, 3.63) is 74.9 Å². The third kappa shape index (κ3) is 3.50. The highest BCUT2D eigenvalue weighted by Crippen LogP contribution is 2.38. The van der Waals surface area contributed by atoms with Gasteiger partial charge in [-0.15, -0.1) is 22.7 Å². The van der Waals surface area contributed by atoms with E-state index in [9.17, 15) is 4.79 Å². The smallest absolute Gasteiger partial charge is 0.267 e. The number of aromatic nitrogens is 2. The first kappa shape index (κ1) is 19.3. The van der Waals surface area contributed by atoms with Crippen molar-refractivity contribution in [3.8, 4) is 22.2 Å². The Bertz CT molecular complexity index is 1380. The lowest BCUT2D eigenvalue weighted by Gasteiger charge is -2.07. The van der Waals surface area contributed by atoms with E-state index in [4.69, 9.17) is 27.7 Å². The number of hydrogen-bond donors (Lipinski definition) is 1. The molecular formula is C21H11Cl2N3O2S2. The Hall–Kier alpha value is -2.71. The van der Waals surface area contributed by atoms with Gasteiger partial charge in [-0.2, -0.15) is 4.98 Å². The van der Waals surface area contributed by atoms with Crippen LogP contribution >= 0.6 is 45.9 Å². The molecule has 1 N–H and O–H groups in total. The summed E-state index contributed by atoms with van der Waals surface area (Å²) in [7, 11) is 0. The molecule has 0 saturated heterocycles. The number of rotatable bonds is 4. The van der Waals surface area contributed by atoms with Crippen molar-refractivity contribution in [1.82, 2.24) is 10.1 Å². The van der Waals surface area contributed by atoms with Crippen LogP contribution in [0.3, 0.4) is 0 Å². The van der Waals surface area contributed by atoms with E-state index >= 15 is 0 Å². The van der Waals surface area contributed by atoms with E-state index in [1.165, 1.54) is 22.7 Å². The summed E-state index contributed by atoms with van der Waals surface area (Å²) in [5, 5.41) is 10.7. The fraction of sp³-hybridized carbons (Fsp3) is 0. The number of carbonyl (C=O) groups is 1. The van der Waals surface area contributed by atoms with Gasteiger partial charge in [0.05, 0.1) is 21.2 Å².